The molecule has 2 saturated heterocycles. The normalized spacial score (nSPS) is 20.1. The Morgan fingerprint density at radius 1 is 1.21 bits per heavy atom. The maximum absolute atomic E-state index is 6.21. The molecule has 0 unspecified atom stereocenters. The van der Waals surface area contributed by atoms with E-state index < -0.39 is 0 Å². The minimum Gasteiger partial charge on any atom is -0.473 e. The Kier molecular flexibility index (Phi) is 6.43. The highest BCUT2D eigenvalue weighted by molar-refractivity contribution is 5.41. The molecule has 2 aliphatic heterocycles. The first-order valence-corrected chi connectivity index (χ1v) is 9.00. The number of ether oxygens (including phenoxy) is 2. The standard InChI is InChI=1S/C18H28N4O2/c1-2-3-6-16(14-21-7-4-5-8-21)24-18-13-17(19-15-20-18)22-9-11-23-12-10-22/h2,13,15-16H,1,3-12,14H2/t16-/m1/s1. The molecular weight excluding hydrogens is 304 g/mol. The predicted molar refractivity (Wildman–Crippen MR) is 94.6 cm³/mol. The molecule has 1 atom stereocenters. The van der Waals surface area contributed by atoms with Crippen molar-refractivity contribution in [2.24, 2.45) is 0 Å². The molecule has 0 N–H and O–H groups in total. The van der Waals surface area contributed by atoms with E-state index in [9.17, 15) is 0 Å². The first kappa shape index (κ1) is 17.2. The molecule has 24 heavy (non-hydrogen) atoms. The molecule has 0 aliphatic carbocycles. The van der Waals surface area contributed by atoms with Gasteiger partial charge in [0, 0.05) is 25.7 Å². The van der Waals surface area contributed by atoms with Crippen LogP contribution in [0.2, 0.25) is 0 Å². The number of allylic oxidation sites excluding steroid dienone is 1. The summed E-state index contributed by atoms with van der Waals surface area (Å²) in [6, 6.07) is 1.95. The monoisotopic (exact) mass is 332 g/mol. The van der Waals surface area contributed by atoms with Gasteiger partial charge in [-0.05, 0) is 38.8 Å². The molecular formula is C18H28N4O2. The lowest BCUT2D eigenvalue weighted by Crippen LogP contribution is -2.37. The van der Waals surface area contributed by atoms with Crippen molar-refractivity contribution in [3.05, 3.63) is 25.0 Å². The van der Waals surface area contributed by atoms with Crippen molar-refractivity contribution in [3.63, 3.8) is 0 Å². The Bertz CT molecular complexity index is 513. The quantitative estimate of drug-likeness (QED) is 0.680. The Morgan fingerprint density at radius 2 is 2.00 bits per heavy atom. The molecule has 1 aromatic heterocycles. The van der Waals surface area contributed by atoms with Crippen molar-refractivity contribution in [3.8, 4) is 5.88 Å². The van der Waals surface area contributed by atoms with E-state index in [1.54, 1.807) is 6.33 Å². The average Bonchev–Trinajstić information content (AvgIpc) is 3.14. The third kappa shape index (κ3) is 4.92. The minimum atomic E-state index is 0.147. The van der Waals surface area contributed by atoms with E-state index in [1.807, 2.05) is 12.1 Å². The molecule has 0 radical (unpaired) electrons. The van der Waals surface area contributed by atoms with Gasteiger partial charge in [0.2, 0.25) is 5.88 Å². The van der Waals surface area contributed by atoms with Crippen molar-refractivity contribution in [1.29, 1.82) is 0 Å². The molecule has 132 valence electrons. The van der Waals surface area contributed by atoms with Crippen molar-refractivity contribution in [2.45, 2.75) is 31.8 Å². The predicted octanol–water partition coefficient (Wildman–Crippen LogP) is 2.12. The number of likely N-dealkylation sites (tertiary alicyclic amines) is 1. The maximum atomic E-state index is 6.21. The maximum Gasteiger partial charge on any atom is 0.218 e. The van der Waals surface area contributed by atoms with Gasteiger partial charge >= 0.3 is 0 Å². The highest BCUT2D eigenvalue weighted by atomic mass is 16.5. The zero-order valence-electron chi connectivity index (χ0n) is 14.4. The molecule has 0 spiro atoms. The van der Waals surface area contributed by atoms with Crippen molar-refractivity contribution < 1.29 is 9.47 Å². The topological polar surface area (TPSA) is 50.7 Å². The molecule has 3 heterocycles. The van der Waals surface area contributed by atoms with Crippen LogP contribution in [0.1, 0.15) is 25.7 Å². The summed E-state index contributed by atoms with van der Waals surface area (Å²) in [5.41, 5.74) is 0. The van der Waals surface area contributed by atoms with E-state index in [2.05, 4.69) is 26.3 Å². The van der Waals surface area contributed by atoms with Crippen LogP contribution in [0.3, 0.4) is 0 Å². The molecule has 1 aromatic rings. The lowest BCUT2D eigenvalue weighted by molar-refractivity contribution is 0.122. The van der Waals surface area contributed by atoms with Crippen LogP contribution in [0.4, 0.5) is 5.82 Å². The average molecular weight is 332 g/mol. The molecule has 0 saturated carbocycles. The van der Waals surface area contributed by atoms with Gasteiger partial charge in [-0.3, -0.25) is 4.90 Å². The van der Waals surface area contributed by atoms with Crippen LogP contribution in [0.15, 0.2) is 25.0 Å². The number of nitrogens with zero attached hydrogens (tertiary/aromatic N) is 4. The number of hydrogen-bond acceptors (Lipinski definition) is 6. The smallest absolute Gasteiger partial charge is 0.218 e. The Labute approximate surface area is 144 Å². The van der Waals surface area contributed by atoms with Gasteiger partial charge in [-0.1, -0.05) is 6.08 Å². The van der Waals surface area contributed by atoms with E-state index in [-0.39, 0.29) is 6.10 Å². The molecule has 2 aliphatic rings. The van der Waals surface area contributed by atoms with Gasteiger partial charge in [0.15, 0.2) is 0 Å². The van der Waals surface area contributed by atoms with Gasteiger partial charge in [0.1, 0.15) is 18.2 Å². The molecule has 2 fully saturated rings. The van der Waals surface area contributed by atoms with Crippen LogP contribution in [0.25, 0.3) is 0 Å². The molecule has 0 amide bonds. The number of rotatable bonds is 8. The summed E-state index contributed by atoms with van der Waals surface area (Å²) in [7, 11) is 0. The fraction of sp³-hybridized carbons (Fsp3) is 0.667. The summed E-state index contributed by atoms with van der Waals surface area (Å²) < 4.78 is 11.6. The lowest BCUT2D eigenvalue weighted by Gasteiger charge is -2.28. The van der Waals surface area contributed by atoms with Gasteiger partial charge in [-0.25, -0.2) is 9.97 Å². The lowest BCUT2D eigenvalue weighted by atomic mass is 10.2. The van der Waals surface area contributed by atoms with Gasteiger partial charge < -0.3 is 14.4 Å². The Hall–Kier alpha value is -1.66. The Balaban J connectivity index is 1.62. The van der Waals surface area contributed by atoms with Crippen LogP contribution < -0.4 is 9.64 Å². The first-order valence-electron chi connectivity index (χ1n) is 9.00. The molecule has 0 aromatic carbocycles. The summed E-state index contributed by atoms with van der Waals surface area (Å²) >= 11 is 0. The third-order valence-corrected chi connectivity index (χ3v) is 4.60. The van der Waals surface area contributed by atoms with E-state index in [0.717, 1.165) is 51.5 Å². The number of anilines is 1. The first-order chi connectivity index (χ1) is 11.8. The second kappa shape index (κ2) is 8.99. The van der Waals surface area contributed by atoms with E-state index in [4.69, 9.17) is 9.47 Å². The van der Waals surface area contributed by atoms with Crippen LogP contribution in [0, 0.1) is 0 Å². The van der Waals surface area contributed by atoms with Gasteiger partial charge in [-0.2, -0.15) is 0 Å². The highest BCUT2D eigenvalue weighted by Gasteiger charge is 2.20. The van der Waals surface area contributed by atoms with Gasteiger partial charge in [0.05, 0.1) is 13.2 Å². The largest absolute Gasteiger partial charge is 0.473 e. The zero-order chi connectivity index (χ0) is 16.6. The fourth-order valence-corrected chi connectivity index (χ4v) is 3.27. The summed E-state index contributed by atoms with van der Waals surface area (Å²) in [5, 5.41) is 0. The van der Waals surface area contributed by atoms with Gasteiger partial charge in [0.25, 0.3) is 0 Å². The Morgan fingerprint density at radius 3 is 2.75 bits per heavy atom. The summed E-state index contributed by atoms with van der Waals surface area (Å²) in [5.74, 6) is 1.59. The summed E-state index contributed by atoms with van der Waals surface area (Å²) in [6.45, 7) is 10.4. The number of hydrogen-bond donors (Lipinski definition) is 0. The summed E-state index contributed by atoms with van der Waals surface area (Å²) in [4.78, 5) is 13.4. The zero-order valence-corrected chi connectivity index (χ0v) is 14.4. The third-order valence-electron chi connectivity index (χ3n) is 4.60. The molecule has 3 rings (SSSR count). The highest BCUT2D eigenvalue weighted by Crippen LogP contribution is 2.20. The van der Waals surface area contributed by atoms with E-state index >= 15 is 0 Å². The van der Waals surface area contributed by atoms with E-state index in [1.165, 1.54) is 25.9 Å². The van der Waals surface area contributed by atoms with Crippen LogP contribution >= 0.6 is 0 Å². The van der Waals surface area contributed by atoms with E-state index in [0.29, 0.717) is 5.88 Å². The SMILES string of the molecule is C=CCC[C@H](CN1CCCC1)Oc1cc(N2CCOCC2)ncn1. The minimum absolute atomic E-state index is 0.147. The second-order valence-corrected chi connectivity index (χ2v) is 6.43. The second-order valence-electron chi connectivity index (χ2n) is 6.43. The van der Waals surface area contributed by atoms with Crippen molar-refractivity contribution in [2.75, 3.05) is 50.8 Å². The van der Waals surface area contributed by atoms with Crippen molar-refractivity contribution in [1.82, 2.24) is 14.9 Å². The number of aromatic nitrogens is 2. The van der Waals surface area contributed by atoms with Crippen LogP contribution in [0.5, 0.6) is 5.88 Å². The molecule has 6 nitrogen and oxygen atoms in total. The van der Waals surface area contributed by atoms with Crippen LogP contribution in [-0.2, 0) is 4.74 Å². The number of morpholine rings is 1. The summed E-state index contributed by atoms with van der Waals surface area (Å²) in [6.07, 6.45) is 8.22. The fourth-order valence-electron chi connectivity index (χ4n) is 3.27. The molecule has 0 bridgehead atoms. The van der Waals surface area contributed by atoms with Crippen LogP contribution in [-0.4, -0.2) is 66.9 Å². The van der Waals surface area contributed by atoms with Crippen molar-refractivity contribution >= 4 is 5.82 Å². The molecule has 6 heteroatoms. The van der Waals surface area contributed by atoms with Gasteiger partial charge in [-0.15, -0.1) is 6.58 Å².